The minimum atomic E-state index is -0.322. The Morgan fingerprint density at radius 2 is 1.36 bits per heavy atom. The Kier molecular flexibility index (Phi) is 3.96. The molecule has 3 aromatic rings. The van der Waals surface area contributed by atoms with Gasteiger partial charge in [0.1, 0.15) is 5.69 Å². The van der Waals surface area contributed by atoms with Crippen LogP contribution in [0.1, 0.15) is 72.2 Å². The first-order valence-electron chi connectivity index (χ1n) is 8.89. The van der Waals surface area contributed by atoms with Crippen LogP contribution < -0.4 is 0 Å². The molecule has 5 heteroatoms. The second-order valence-corrected chi connectivity index (χ2v) is 6.88. The van der Waals surface area contributed by atoms with Gasteiger partial charge in [0.25, 0.3) is 0 Å². The zero-order valence-corrected chi connectivity index (χ0v) is 15.7. The highest BCUT2D eigenvalue weighted by molar-refractivity contribution is 6.31. The predicted octanol–water partition coefficient (Wildman–Crippen LogP) is 3.97. The maximum absolute atomic E-state index is 13.3. The molecule has 0 saturated heterocycles. The number of fused-ring (bicyclic) bond motifs is 2. The van der Waals surface area contributed by atoms with Crippen LogP contribution in [0.15, 0.2) is 48.5 Å². The Morgan fingerprint density at radius 1 is 0.786 bits per heavy atom. The lowest BCUT2D eigenvalue weighted by Crippen LogP contribution is -2.23. The number of carbonyl (C=O) groups excluding carboxylic acids is 4. The highest BCUT2D eigenvalue weighted by Gasteiger charge is 2.38. The number of aromatic nitrogens is 1. The number of nitrogens with zero attached hydrogens (tertiary/aromatic N) is 1. The standard InChI is InChI=1S/C23H17NO4/c1-12-19(14(3)26)20-21(23(28)18-7-5-4-6-17(18)22(20)27)24(12)16-10-8-15(9-11-16)13(2)25/h4-11H,1-3H3. The minimum absolute atomic E-state index is 0.0672. The summed E-state index contributed by atoms with van der Waals surface area (Å²) in [7, 11) is 0. The number of benzene rings is 2. The van der Waals surface area contributed by atoms with Crippen LogP contribution >= 0.6 is 0 Å². The Morgan fingerprint density at radius 3 is 1.89 bits per heavy atom. The van der Waals surface area contributed by atoms with Gasteiger partial charge in [0, 0.05) is 28.1 Å². The molecule has 0 bridgehead atoms. The average Bonchev–Trinajstić information content (AvgIpc) is 2.99. The molecule has 5 nitrogen and oxygen atoms in total. The van der Waals surface area contributed by atoms with Gasteiger partial charge in [-0.1, -0.05) is 24.3 Å². The smallest absolute Gasteiger partial charge is 0.211 e. The second kappa shape index (κ2) is 6.23. The predicted molar refractivity (Wildman–Crippen MR) is 104 cm³/mol. The van der Waals surface area contributed by atoms with Gasteiger partial charge in [-0.15, -0.1) is 0 Å². The number of carbonyl (C=O) groups is 4. The molecule has 0 unspecified atom stereocenters. The van der Waals surface area contributed by atoms with E-state index in [-0.39, 0.29) is 40.0 Å². The molecule has 0 aliphatic heterocycles. The summed E-state index contributed by atoms with van der Waals surface area (Å²) in [5, 5.41) is 0. The second-order valence-electron chi connectivity index (χ2n) is 6.88. The fraction of sp³-hybridized carbons (Fsp3) is 0.130. The monoisotopic (exact) mass is 371 g/mol. The van der Waals surface area contributed by atoms with Crippen LogP contribution in [0, 0.1) is 6.92 Å². The normalized spacial score (nSPS) is 12.5. The number of ketones is 4. The van der Waals surface area contributed by atoms with Crippen LogP contribution in [0.5, 0.6) is 0 Å². The molecule has 28 heavy (non-hydrogen) atoms. The molecule has 0 atom stereocenters. The molecule has 0 spiro atoms. The van der Waals surface area contributed by atoms with Crippen molar-refractivity contribution in [3.05, 3.63) is 87.7 Å². The SMILES string of the molecule is CC(=O)c1ccc(-n2c(C)c(C(C)=O)c3c2C(=O)c2ccccc2C3=O)cc1. The van der Waals surface area contributed by atoms with E-state index in [2.05, 4.69) is 0 Å². The quantitative estimate of drug-likeness (QED) is 0.511. The molecule has 0 amide bonds. The molecule has 4 rings (SSSR count). The number of hydrogen-bond acceptors (Lipinski definition) is 4. The van der Waals surface area contributed by atoms with Gasteiger partial charge >= 0.3 is 0 Å². The zero-order chi connectivity index (χ0) is 20.2. The van der Waals surface area contributed by atoms with Crippen LogP contribution in [0.2, 0.25) is 0 Å². The van der Waals surface area contributed by atoms with Crippen LogP contribution in [0.25, 0.3) is 5.69 Å². The van der Waals surface area contributed by atoms with E-state index in [4.69, 9.17) is 0 Å². The Bertz CT molecular complexity index is 1200. The van der Waals surface area contributed by atoms with E-state index in [0.717, 1.165) is 0 Å². The molecule has 1 heterocycles. The van der Waals surface area contributed by atoms with Crippen molar-refractivity contribution in [2.24, 2.45) is 0 Å². The van der Waals surface area contributed by atoms with Crippen molar-refractivity contribution in [3.63, 3.8) is 0 Å². The topological polar surface area (TPSA) is 73.2 Å². The van der Waals surface area contributed by atoms with Gasteiger partial charge < -0.3 is 4.57 Å². The Balaban J connectivity index is 2.05. The fourth-order valence-electron chi connectivity index (χ4n) is 3.87. The number of rotatable bonds is 3. The van der Waals surface area contributed by atoms with Crippen molar-refractivity contribution >= 4 is 23.1 Å². The van der Waals surface area contributed by atoms with Gasteiger partial charge in [-0.25, -0.2) is 0 Å². The number of Topliss-reactive ketones (excluding diaryl/α,β-unsaturated/α-hetero) is 2. The van der Waals surface area contributed by atoms with E-state index < -0.39 is 0 Å². The molecule has 138 valence electrons. The summed E-state index contributed by atoms with van der Waals surface area (Å²) in [6, 6.07) is 13.4. The summed E-state index contributed by atoms with van der Waals surface area (Å²) in [6.07, 6.45) is 0. The lowest BCUT2D eigenvalue weighted by atomic mass is 9.85. The molecule has 0 saturated carbocycles. The van der Waals surface area contributed by atoms with Crippen molar-refractivity contribution in [3.8, 4) is 5.69 Å². The van der Waals surface area contributed by atoms with Crippen molar-refractivity contribution in [2.45, 2.75) is 20.8 Å². The van der Waals surface area contributed by atoms with Gasteiger partial charge in [0.15, 0.2) is 17.3 Å². The average molecular weight is 371 g/mol. The van der Waals surface area contributed by atoms with E-state index in [1.54, 1.807) is 60.0 Å². The van der Waals surface area contributed by atoms with E-state index in [9.17, 15) is 19.2 Å². The molecule has 1 aromatic heterocycles. The first-order chi connectivity index (χ1) is 13.3. The Hall–Kier alpha value is -3.60. The molecular formula is C23H17NO4. The van der Waals surface area contributed by atoms with E-state index in [1.165, 1.54) is 13.8 Å². The third-order valence-electron chi connectivity index (χ3n) is 5.15. The van der Waals surface area contributed by atoms with Crippen LogP contribution in [-0.2, 0) is 0 Å². The lowest BCUT2D eigenvalue weighted by molar-refractivity contribution is 0.0967. The first kappa shape index (κ1) is 17.8. The first-order valence-corrected chi connectivity index (χ1v) is 8.89. The summed E-state index contributed by atoms with van der Waals surface area (Å²) < 4.78 is 1.64. The largest absolute Gasteiger partial charge is 0.310 e. The molecule has 0 fully saturated rings. The maximum Gasteiger partial charge on any atom is 0.211 e. The van der Waals surface area contributed by atoms with Crippen LogP contribution in [0.4, 0.5) is 0 Å². The van der Waals surface area contributed by atoms with E-state index in [1.807, 2.05) is 0 Å². The third kappa shape index (κ3) is 2.40. The van der Waals surface area contributed by atoms with E-state index >= 15 is 0 Å². The lowest BCUT2D eigenvalue weighted by Gasteiger charge is -2.18. The van der Waals surface area contributed by atoms with Crippen molar-refractivity contribution < 1.29 is 19.2 Å². The van der Waals surface area contributed by atoms with Crippen molar-refractivity contribution in [1.29, 1.82) is 0 Å². The van der Waals surface area contributed by atoms with Crippen molar-refractivity contribution in [1.82, 2.24) is 4.57 Å². The van der Waals surface area contributed by atoms with Gasteiger partial charge in [0.2, 0.25) is 5.78 Å². The molecule has 1 aliphatic carbocycles. The number of hydrogen-bond donors (Lipinski definition) is 0. The Labute approximate surface area is 161 Å². The molecule has 1 aliphatic rings. The molecule has 0 N–H and O–H groups in total. The van der Waals surface area contributed by atoms with Crippen LogP contribution in [-0.4, -0.2) is 27.7 Å². The van der Waals surface area contributed by atoms with Gasteiger partial charge in [0.05, 0.1) is 11.1 Å². The molecule has 0 radical (unpaired) electrons. The summed E-state index contributed by atoms with van der Waals surface area (Å²) >= 11 is 0. The molecular weight excluding hydrogens is 354 g/mol. The fourth-order valence-corrected chi connectivity index (χ4v) is 3.87. The van der Waals surface area contributed by atoms with Crippen molar-refractivity contribution in [2.75, 3.05) is 0 Å². The third-order valence-corrected chi connectivity index (χ3v) is 5.15. The highest BCUT2D eigenvalue weighted by atomic mass is 16.1. The highest BCUT2D eigenvalue weighted by Crippen LogP contribution is 2.35. The van der Waals surface area contributed by atoms with E-state index in [0.29, 0.717) is 28.1 Å². The van der Waals surface area contributed by atoms with Gasteiger partial charge in [-0.3, -0.25) is 19.2 Å². The summed E-state index contributed by atoms with van der Waals surface area (Å²) in [5.74, 6) is -0.954. The van der Waals surface area contributed by atoms with Gasteiger partial charge in [-0.05, 0) is 45.0 Å². The molecule has 2 aromatic carbocycles. The van der Waals surface area contributed by atoms with Gasteiger partial charge in [-0.2, -0.15) is 0 Å². The zero-order valence-electron chi connectivity index (χ0n) is 15.7. The summed E-state index contributed by atoms with van der Waals surface area (Å²) in [6.45, 7) is 4.59. The minimum Gasteiger partial charge on any atom is -0.310 e. The summed E-state index contributed by atoms with van der Waals surface area (Å²) in [5.41, 5.74) is 2.95. The van der Waals surface area contributed by atoms with Crippen LogP contribution in [0.3, 0.4) is 0 Å². The summed E-state index contributed by atoms with van der Waals surface area (Å²) in [4.78, 5) is 50.4. The maximum atomic E-state index is 13.3.